The molecule has 1 aliphatic rings. The number of hydrogen-bond acceptors (Lipinski definition) is 2. The summed E-state index contributed by atoms with van der Waals surface area (Å²) in [4.78, 5) is 18.8. The maximum Gasteiger partial charge on any atom is 0.222 e. The first kappa shape index (κ1) is 15.8. The van der Waals surface area contributed by atoms with Crippen LogP contribution in [0, 0.1) is 13.8 Å². The van der Waals surface area contributed by atoms with Gasteiger partial charge in [-0.3, -0.25) is 4.79 Å². The number of carbonyl (C=O) groups is 1. The second-order valence-corrected chi connectivity index (χ2v) is 6.41. The molecule has 1 amide bonds. The number of rotatable bonds is 4. The highest BCUT2D eigenvalue weighted by atomic mass is 16.2. The molecule has 0 unspecified atom stereocenters. The van der Waals surface area contributed by atoms with E-state index >= 15 is 0 Å². The number of hydrogen-bond donors (Lipinski definition) is 0. The third kappa shape index (κ3) is 3.63. The minimum absolute atomic E-state index is 0.284. The van der Waals surface area contributed by atoms with Crippen LogP contribution in [-0.2, 0) is 11.2 Å². The molecule has 1 fully saturated rings. The number of imidazole rings is 1. The summed E-state index contributed by atoms with van der Waals surface area (Å²) in [5.41, 5.74) is 2.46. The quantitative estimate of drug-likeness (QED) is 0.869. The number of amides is 1. The van der Waals surface area contributed by atoms with E-state index in [-0.39, 0.29) is 5.91 Å². The van der Waals surface area contributed by atoms with E-state index in [0.717, 1.165) is 38.2 Å². The predicted molar refractivity (Wildman–Crippen MR) is 91.3 cm³/mol. The molecule has 4 nitrogen and oxygen atoms in total. The van der Waals surface area contributed by atoms with Crippen LogP contribution in [-0.4, -0.2) is 33.4 Å². The van der Waals surface area contributed by atoms with Crippen molar-refractivity contribution < 1.29 is 4.79 Å². The van der Waals surface area contributed by atoms with E-state index in [1.165, 1.54) is 11.3 Å². The van der Waals surface area contributed by atoms with Crippen LogP contribution in [0.5, 0.6) is 0 Å². The van der Waals surface area contributed by atoms with Crippen molar-refractivity contribution in [2.45, 2.75) is 45.6 Å². The van der Waals surface area contributed by atoms with Gasteiger partial charge in [-0.15, -0.1) is 0 Å². The number of piperidine rings is 1. The van der Waals surface area contributed by atoms with E-state index in [1.807, 2.05) is 29.3 Å². The summed E-state index contributed by atoms with van der Waals surface area (Å²) < 4.78 is 2.33. The fraction of sp³-hybridized carbons (Fsp3) is 0.474. The molecule has 23 heavy (non-hydrogen) atoms. The molecular formula is C19H25N3O. The van der Waals surface area contributed by atoms with Crippen LogP contribution in [0.1, 0.15) is 42.4 Å². The number of carbonyl (C=O) groups excluding carboxylic acids is 1. The van der Waals surface area contributed by atoms with Gasteiger partial charge in [0.05, 0.1) is 0 Å². The van der Waals surface area contributed by atoms with Crippen molar-refractivity contribution in [3.05, 3.63) is 53.6 Å². The zero-order valence-corrected chi connectivity index (χ0v) is 14.0. The van der Waals surface area contributed by atoms with Crippen LogP contribution in [0.25, 0.3) is 0 Å². The molecule has 1 aromatic heterocycles. The largest absolute Gasteiger partial charge is 0.343 e. The Balaban J connectivity index is 1.51. The third-order valence-corrected chi connectivity index (χ3v) is 4.82. The first-order valence-corrected chi connectivity index (χ1v) is 8.47. The minimum atomic E-state index is 0.284. The van der Waals surface area contributed by atoms with Crippen LogP contribution in [0.3, 0.4) is 0 Å². The molecule has 0 bridgehead atoms. The van der Waals surface area contributed by atoms with Gasteiger partial charge in [0, 0.05) is 37.4 Å². The van der Waals surface area contributed by atoms with E-state index < -0.39 is 0 Å². The monoisotopic (exact) mass is 311 g/mol. The second-order valence-electron chi connectivity index (χ2n) is 6.41. The Bertz CT molecular complexity index is 635. The summed E-state index contributed by atoms with van der Waals surface area (Å²) in [6.07, 6.45) is 5.42. The van der Waals surface area contributed by atoms with Gasteiger partial charge in [-0.1, -0.05) is 30.3 Å². The fourth-order valence-corrected chi connectivity index (χ4v) is 3.55. The molecule has 0 N–H and O–H groups in total. The van der Waals surface area contributed by atoms with E-state index in [4.69, 9.17) is 0 Å². The van der Waals surface area contributed by atoms with E-state index in [0.29, 0.717) is 12.5 Å². The maximum absolute atomic E-state index is 12.4. The first-order valence-electron chi connectivity index (χ1n) is 8.47. The van der Waals surface area contributed by atoms with Crippen LogP contribution in [0.2, 0.25) is 0 Å². The smallest absolute Gasteiger partial charge is 0.222 e. The van der Waals surface area contributed by atoms with Crippen molar-refractivity contribution in [3.8, 4) is 0 Å². The maximum atomic E-state index is 12.4. The summed E-state index contributed by atoms with van der Waals surface area (Å²) in [5.74, 6) is 1.36. The Hall–Kier alpha value is -2.10. The minimum Gasteiger partial charge on any atom is -0.343 e. The average Bonchev–Trinajstić information content (AvgIpc) is 2.92. The van der Waals surface area contributed by atoms with E-state index in [9.17, 15) is 4.79 Å². The normalized spacial score (nSPS) is 15.8. The lowest BCUT2D eigenvalue weighted by atomic mass is 10.0. The molecule has 1 aromatic carbocycles. The Morgan fingerprint density at radius 3 is 2.48 bits per heavy atom. The highest BCUT2D eigenvalue weighted by Crippen LogP contribution is 2.25. The molecule has 2 aromatic rings. The number of benzene rings is 1. The van der Waals surface area contributed by atoms with Gasteiger partial charge in [0.15, 0.2) is 0 Å². The van der Waals surface area contributed by atoms with Crippen LogP contribution < -0.4 is 0 Å². The molecule has 0 radical (unpaired) electrons. The summed E-state index contributed by atoms with van der Waals surface area (Å²) in [5, 5.41) is 0. The Kier molecular flexibility index (Phi) is 4.79. The number of nitrogens with zero attached hydrogens (tertiary/aromatic N) is 3. The SMILES string of the molecule is Cc1cnc(C)n1C1CCN(C(=O)CCc2ccccc2)CC1. The zero-order chi connectivity index (χ0) is 16.2. The molecule has 0 aliphatic carbocycles. The summed E-state index contributed by atoms with van der Waals surface area (Å²) in [6.45, 7) is 5.88. The molecular weight excluding hydrogens is 286 g/mol. The Morgan fingerprint density at radius 1 is 1.17 bits per heavy atom. The number of likely N-dealkylation sites (tertiary alicyclic amines) is 1. The van der Waals surface area contributed by atoms with E-state index in [1.54, 1.807) is 0 Å². The molecule has 0 atom stereocenters. The van der Waals surface area contributed by atoms with Crippen molar-refractivity contribution in [2.24, 2.45) is 0 Å². The molecule has 4 heteroatoms. The lowest BCUT2D eigenvalue weighted by molar-refractivity contribution is -0.132. The lowest BCUT2D eigenvalue weighted by Crippen LogP contribution is -2.39. The van der Waals surface area contributed by atoms with E-state index in [2.05, 4.69) is 35.5 Å². The molecule has 0 saturated carbocycles. The van der Waals surface area contributed by atoms with Gasteiger partial charge in [-0.05, 0) is 38.7 Å². The molecule has 122 valence electrons. The van der Waals surface area contributed by atoms with Crippen LogP contribution in [0.4, 0.5) is 0 Å². The molecule has 1 aliphatic heterocycles. The molecule has 2 heterocycles. The van der Waals surface area contributed by atoms with Gasteiger partial charge >= 0.3 is 0 Å². The first-order chi connectivity index (χ1) is 11.1. The summed E-state index contributed by atoms with van der Waals surface area (Å²) in [6, 6.07) is 10.7. The summed E-state index contributed by atoms with van der Waals surface area (Å²) >= 11 is 0. The third-order valence-electron chi connectivity index (χ3n) is 4.82. The van der Waals surface area contributed by atoms with Gasteiger partial charge in [-0.25, -0.2) is 4.98 Å². The highest BCUT2D eigenvalue weighted by Gasteiger charge is 2.25. The lowest BCUT2D eigenvalue weighted by Gasteiger charge is -2.33. The van der Waals surface area contributed by atoms with Crippen molar-refractivity contribution >= 4 is 5.91 Å². The summed E-state index contributed by atoms with van der Waals surface area (Å²) in [7, 11) is 0. The fourth-order valence-electron chi connectivity index (χ4n) is 3.55. The standard InChI is InChI=1S/C19H25N3O/c1-15-14-20-16(2)22(15)18-10-12-21(13-11-18)19(23)9-8-17-6-4-3-5-7-17/h3-7,14,18H,8-13H2,1-2H3. The second kappa shape index (κ2) is 6.99. The Labute approximate surface area is 138 Å². The molecule has 0 spiro atoms. The molecule has 1 saturated heterocycles. The van der Waals surface area contributed by atoms with Crippen molar-refractivity contribution in [2.75, 3.05) is 13.1 Å². The highest BCUT2D eigenvalue weighted by molar-refractivity contribution is 5.76. The predicted octanol–water partition coefficient (Wildman–Crippen LogP) is 3.30. The van der Waals surface area contributed by atoms with Crippen molar-refractivity contribution in [1.82, 2.24) is 14.5 Å². The van der Waals surface area contributed by atoms with Crippen LogP contribution in [0.15, 0.2) is 36.5 Å². The van der Waals surface area contributed by atoms with Gasteiger partial charge < -0.3 is 9.47 Å². The number of aryl methyl sites for hydroxylation is 3. The topological polar surface area (TPSA) is 38.1 Å². The zero-order valence-electron chi connectivity index (χ0n) is 14.0. The number of aromatic nitrogens is 2. The Morgan fingerprint density at radius 2 is 1.87 bits per heavy atom. The van der Waals surface area contributed by atoms with Crippen molar-refractivity contribution in [3.63, 3.8) is 0 Å². The van der Waals surface area contributed by atoms with Gasteiger partial charge in [0.25, 0.3) is 0 Å². The average molecular weight is 311 g/mol. The molecule has 3 rings (SSSR count). The van der Waals surface area contributed by atoms with Gasteiger partial charge in [0.2, 0.25) is 5.91 Å². The van der Waals surface area contributed by atoms with Crippen molar-refractivity contribution in [1.29, 1.82) is 0 Å². The van der Waals surface area contributed by atoms with Gasteiger partial charge in [-0.2, -0.15) is 0 Å². The van der Waals surface area contributed by atoms with Crippen LogP contribution >= 0.6 is 0 Å². The van der Waals surface area contributed by atoms with Gasteiger partial charge in [0.1, 0.15) is 5.82 Å².